The zero-order valence-corrected chi connectivity index (χ0v) is 20.0. The molecule has 0 aromatic heterocycles. The van der Waals surface area contributed by atoms with Crippen LogP contribution in [0.25, 0.3) is 0 Å². The fraction of sp³-hybridized carbons (Fsp3) is 0.900. The Kier molecular flexibility index (Phi) is 16.0. The molecule has 0 aromatic carbocycles. The summed E-state index contributed by atoms with van der Waals surface area (Å²) in [6.07, 6.45) is 7.66. The quantitative estimate of drug-likeness (QED) is 0.233. The second-order valence-corrected chi connectivity index (χ2v) is 7.37. The monoisotopic (exact) mass is 496 g/mol. The lowest BCUT2D eigenvalue weighted by Gasteiger charge is -2.23. The van der Waals surface area contributed by atoms with Gasteiger partial charge in [0, 0.05) is 38.7 Å². The van der Waals surface area contributed by atoms with Crippen LogP contribution in [0.15, 0.2) is 4.99 Å². The van der Waals surface area contributed by atoms with Gasteiger partial charge >= 0.3 is 0 Å². The number of nitrogens with zero attached hydrogens (tertiary/aromatic N) is 1. The Morgan fingerprint density at radius 3 is 2.44 bits per heavy atom. The molecule has 7 heteroatoms. The Bertz CT molecular complexity index is 413. The Morgan fingerprint density at radius 2 is 1.85 bits per heavy atom. The van der Waals surface area contributed by atoms with Crippen LogP contribution in [0.1, 0.15) is 72.6 Å². The van der Waals surface area contributed by atoms with Crippen LogP contribution in [0.5, 0.6) is 0 Å². The van der Waals surface area contributed by atoms with Gasteiger partial charge in [0.2, 0.25) is 5.91 Å². The van der Waals surface area contributed by atoms with Crippen molar-refractivity contribution in [2.75, 3.05) is 26.2 Å². The van der Waals surface area contributed by atoms with Crippen molar-refractivity contribution in [1.29, 1.82) is 0 Å². The van der Waals surface area contributed by atoms with Gasteiger partial charge in [-0.3, -0.25) is 9.79 Å². The summed E-state index contributed by atoms with van der Waals surface area (Å²) in [5.41, 5.74) is 0. The average molecular weight is 496 g/mol. The minimum absolute atomic E-state index is 0. The summed E-state index contributed by atoms with van der Waals surface area (Å²) in [6.45, 7) is 11.3. The third-order valence-corrected chi connectivity index (χ3v) is 4.77. The maximum absolute atomic E-state index is 12.1. The Balaban J connectivity index is 0.00000676. The van der Waals surface area contributed by atoms with Crippen molar-refractivity contribution in [3.05, 3.63) is 0 Å². The number of aliphatic imine (C=N–C) groups is 1. The van der Waals surface area contributed by atoms with Gasteiger partial charge in [-0.2, -0.15) is 0 Å². The molecular formula is C20H41IN4O2. The first kappa shape index (κ1) is 26.4. The van der Waals surface area contributed by atoms with Gasteiger partial charge in [0.05, 0.1) is 6.10 Å². The molecule has 6 nitrogen and oxygen atoms in total. The number of ether oxygens (including phenoxy) is 1. The van der Waals surface area contributed by atoms with Crippen LogP contribution in [0.4, 0.5) is 0 Å². The summed E-state index contributed by atoms with van der Waals surface area (Å²) >= 11 is 0. The van der Waals surface area contributed by atoms with Gasteiger partial charge in [-0.15, -0.1) is 24.0 Å². The van der Waals surface area contributed by atoms with E-state index in [1.54, 1.807) is 0 Å². The van der Waals surface area contributed by atoms with Crippen LogP contribution < -0.4 is 16.0 Å². The van der Waals surface area contributed by atoms with Crippen molar-refractivity contribution in [1.82, 2.24) is 16.0 Å². The summed E-state index contributed by atoms with van der Waals surface area (Å²) in [7, 11) is 0. The van der Waals surface area contributed by atoms with E-state index in [1.807, 2.05) is 13.8 Å². The third kappa shape index (κ3) is 12.5. The second kappa shape index (κ2) is 16.4. The van der Waals surface area contributed by atoms with Gasteiger partial charge in [-0.1, -0.05) is 33.1 Å². The number of nitrogens with one attached hydrogen (secondary N) is 3. The summed E-state index contributed by atoms with van der Waals surface area (Å²) in [4.78, 5) is 16.7. The summed E-state index contributed by atoms with van der Waals surface area (Å²) in [5.74, 6) is 1.40. The lowest BCUT2D eigenvalue weighted by molar-refractivity contribution is -0.121. The fourth-order valence-corrected chi connectivity index (χ4v) is 3.31. The molecule has 1 aliphatic rings. The van der Waals surface area contributed by atoms with Crippen LogP contribution in [0.2, 0.25) is 0 Å². The van der Waals surface area contributed by atoms with E-state index in [0.717, 1.165) is 38.4 Å². The van der Waals surface area contributed by atoms with Crippen molar-refractivity contribution < 1.29 is 9.53 Å². The molecule has 0 spiro atoms. The number of hydrogen-bond donors (Lipinski definition) is 3. The Hall–Kier alpha value is -0.570. The molecule has 1 saturated carbocycles. The second-order valence-electron chi connectivity index (χ2n) is 7.37. The number of halogens is 1. The Labute approximate surface area is 183 Å². The van der Waals surface area contributed by atoms with Crippen LogP contribution in [0.3, 0.4) is 0 Å². The van der Waals surface area contributed by atoms with E-state index in [1.165, 1.54) is 19.3 Å². The molecule has 27 heavy (non-hydrogen) atoms. The van der Waals surface area contributed by atoms with Crippen LogP contribution in [0, 0.1) is 5.92 Å². The predicted molar refractivity (Wildman–Crippen MR) is 124 cm³/mol. The molecule has 0 bridgehead atoms. The molecule has 0 heterocycles. The van der Waals surface area contributed by atoms with E-state index in [0.29, 0.717) is 31.5 Å². The number of carbonyl (C=O) groups excluding carboxylic acids is 1. The first-order valence-corrected chi connectivity index (χ1v) is 10.5. The predicted octanol–water partition coefficient (Wildman–Crippen LogP) is 3.45. The maximum atomic E-state index is 12.1. The largest absolute Gasteiger partial charge is 0.378 e. The van der Waals surface area contributed by atoms with Crippen molar-refractivity contribution in [2.45, 2.75) is 84.8 Å². The molecule has 160 valence electrons. The van der Waals surface area contributed by atoms with Crippen molar-refractivity contribution in [2.24, 2.45) is 10.9 Å². The van der Waals surface area contributed by atoms with E-state index in [4.69, 9.17) is 4.74 Å². The highest BCUT2D eigenvalue weighted by atomic mass is 127. The average Bonchev–Trinajstić information content (AvgIpc) is 2.61. The van der Waals surface area contributed by atoms with Crippen molar-refractivity contribution in [3.63, 3.8) is 0 Å². The molecule has 3 N–H and O–H groups in total. The van der Waals surface area contributed by atoms with Crippen molar-refractivity contribution in [3.8, 4) is 0 Å². The summed E-state index contributed by atoms with van der Waals surface area (Å²) in [5, 5.41) is 9.65. The SMILES string of the molecule is CCNC(=NCCC(OCC)C(C)C)NCCC(=O)NC1CCCCC1.I. The molecule has 1 aliphatic carbocycles. The third-order valence-electron chi connectivity index (χ3n) is 4.77. The Morgan fingerprint density at radius 1 is 1.15 bits per heavy atom. The smallest absolute Gasteiger partial charge is 0.221 e. The zero-order chi connectivity index (χ0) is 19.2. The number of carbonyl (C=O) groups is 1. The van der Waals surface area contributed by atoms with E-state index in [-0.39, 0.29) is 36.0 Å². The molecule has 1 amide bonds. The van der Waals surface area contributed by atoms with Gasteiger partial charge in [0.15, 0.2) is 5.96 Å². The lowest BCUT2D eigenvalue weighted by Crippen LogP contribution is -2.41. The van der Waals surface area contributed by atoms with E-state index >= 15 is 0 Å². The standard InChI is InChI=1S/C20H40N4O2.HI/c1-5-21-20(22-14-12-18(16(3)4)26-6-2)23-15-13-19(25)24-17-10-8-7-9-11-17;/h16-18H,5-15H2,1-4H3,(H,24,25)(H2,21,22,23);1H. The highest BCUT2D eigenvalue weighted by Gasteiger charge is 2.15. The normalized spacial score (nSPS) is 16.6. The van der Waals surface area contributed by atoms with Gasteiger partial charge in [-0.25, -0.2) is 0 Å². The number of rotatable bonds is 11. The van der Waals surface area contributed by atoms with Gasteiger partial charge in [-0.05, 0) is 39.0 Å². The number of guanidine groups is 1. The highest BCUT2D eigenvalue weighted by molar-refractivity contribution is 14.0. The molecule has 0 aromatic rings. The minimum atomic E-state index is 0. The fourth-order valence-electron chi connectivity index (χ4n) is 3.31. The van der Waals surface area contributed by atoms with Crippen LogP contribution in [-0.2, 0) is 9.53 Å². The van der Waals surface area contributed by atoms with Crippen LogP contribution in [-0.4, -0.2) is 50.3 Å². The summed E-state index contributed by atoms with van der Waals surface area (Å²) < 4.78 is 5.77. The molecule has 1 rings (SSSR count). The minimum Gasteiger partial charge on any atom is -0.378 e. The van der Waals surface area contributed by atoms with Crippen molar-refractivity contribution >= 4 is 35.8 Å². The molecule has 1 unspecified atom stereocenters. The van der Waals surface area contributed by atoms with Crippen LogP contribution >= 0.6 is 24.0 Å². The first-order valence-electron chi connectivity index (χ1n) is 10.5. The van der Waals surface area contributed by atoms with Gasteiger partial charge in [0.1, 0.15) is 0 Å². The molecular weight excluding hydrogens is 455 g/mol. The molecule has 0 radical (unpaired) electrons. The number of hydrogen-bond acceptors (Lipinski definition) is 3. The van der Waals surface area contributed by atoms with Gasteiger partial charge in [0.25, 0.3) is 0 Å². The van der Waals surface area contributed by atoms with E-state index in [2.05, 4.69) is 34.8 Å². The van der Waals surface area contributed by atoms with Gasteiger partial charge < -0.3 is 20.7 Å². The molecule has 1 atom stereocenters. The molecule has 0 aliphatic heterocycles. The highest BCUT2D eigenvalue weighted by Crippen LogP contribution is 2.17. The topological polar surface area (TPSA) is 74.8 Å². The maximum Gasteiger partial charge on any atom is 0.221 e. The molecule has 1 fully saturated rings. The summed E-state index contributed by atoms with van der Waals surface area (Å²) in [6, 6.07) is 0.379. The molecule has 0 saturated heterocycles. The number of amides is 1. The zero-order valence-electron chi connectivity index (χ0n) is 17.7. The van der Waals surface area contributed by atoms with E-state index < -0.39 is 0 Å². The lowest BCUT2D eigenvalue weighted by atomic mass is 9.95. The first-order chi connectivity index (χ1) is 12.6. The van der Waals surface area contributed by atoms with E-state index in [9.17, 15) is 4.79 Å².